The number of hydrogen-bond donors (Lipinski definition) is 2. The first-order valence-electron chi connectivity index (χ1n) is 9.81. The van der Waals surface area contributed by atoms with E-state index >= 15 is 0 Å². The van der Waals surface area contributed by atoms with Crippen LogP contribution in [0.15, 0.2) is 23.2 Å². The lowest BCUT2D eigenvalue weighted by molar-refractivity contribution is 0.0281. The molecule has 146 valence electrons. The molecule has 2 rings (SSSR count). The van der Waals surface area contributed by atoms with Gasteiger partial charge in [-0.05, 0) is 45.2 Å². The standard InChI is InChI=1S/C20H33N3O3/c1-3-24-17-11-12-19(25-4-2)18(15-17)23-20(21)22-13-8-14-26-16-9-6-5-7-10-16/h11-12,15-16H,3-10,13-14H2,1-2H3,(H3,21,22,23). The molecule has 0 aliphatic heterocycles. The highest BCUT2D eigenvalue weighted by Gasteiger charge is 2.13. The van der Waals surface area contributed by atoms with Crippen molar-refractivity contribution in [1.29, 1.82) is 0 Å². The molecule has 0 saturated heterocycles. The number of benzene rings is 1. The molecule has 1 saturated carbocycles. The van der Waals surface area contributed by atoms with E-state index in [9.17, 15) is 0 Å². The molecule has 1 aromatic carbocycles. The molecule has 0 aromatic heterocycles. The van der Waals surface area contributed by atoms with E-state index in [-0.39, 0.29) is 0 Å². The lowest BCUT2D eigenvalue weighted by atomic mass is 9.98. The molecule has 1 aliphatic carbocycles. The first-order chi connectivity index (χ1) is 12.7. The van der Waals surface area contributed by atoms with Gasteiger partial charge in [0, 0.05) is 19.2 Å². The second-order valence-corrected chi connectivity index (χ2v) is 6.40. The van der Waals surface area contributed by atoms with Crippen LogP contribution in [-0.4, -0.2) is 38.4 Å². The lowest BCUT2D eigenvalue weighted by Crippen LogP contribution is -2.23. The van der Waals surface area contributed by atoms with Crippen LogP contribution in [0.2, 0.25) is 0 Å². The van der Waals surface area contributed by atoms with Gasteiger partial charge in [0.1, 0.15) is 11.5 Å². The second kappa shape index (κ2) is 11.6. The molecule has 26 heavy (non-hydrogen) atoms. The van der Waals surface area contributed by atoms with Gasteiger partial charge >= 0.3 is 0 Å². The highest BCUT2D eigenvalue weighted by molar-refractivity contribution is 5.94. The van der Waals surface area contributed by atoms with Crippen molar-refractivity contribution in [1.82, 2.24) is 0 Å². The van der Waals surface area contributed by atoms with Crippen LogP contribution >= 0.6 is 0 Å². The van der Waals surface area contributed by atoms with Crippen LogP contribution in [0, 0.1) is 0 Å². The first kappa shape index (κ1) is 20.4. The average molecular weight is 364 g/mol. The maximum atomic E-state index is 6.02. The summed E-state index contributed by atoms with van der Waals surface area (Å²) in [5, 5.41) is 3.12. The van der Waals surface area contributed by atoms with E-state index in [1.165, 1.54) is 32.1 Å². The van der Waals surface area contributed by atoms with Crippen molar-refractivity contribution in [3.05, 3.63) is 18.2 Å². The number of anilines is 1. The summed E-state index contributed by atoms with van der Waals surface area (Å²) >= 11 is 0. The fourth-order valence-electron chi connectivity index (χ4n) is 3.07. The summed E-state index contributed by atoms with van der Waals surface area (Å²) in [5.41, 5.74) is 6.78. The van der Waals surface area contributed by atoms with E-state index in [0.29, 0.717) is 31.8 Å². The Bertz CT molecular complexity index is 557. The smallest absolute Gasteiger partial charge is 0.193 e. The zero-order chi connectivity index (χ0) is 18.6. The summed E-state index contributed by atoms with van der Waals surface area (Å²) in [6.07, 6.45) is 7.65. The van der Waals surface area contributed by atoms with Gasteiger partial charge in [-0.1, -0.05) is 19.3 Å². The number of guanidine groups is 1. The molecular weight excluding hydrogens is 330 g/mol. The molecule has 1 aromatic rings. The molecule has 0 unspecified atom stereocenters. The summed E-state index contributed by atoms with van der Waals surface area (Å²) in [5.74, 6) is 1.87. The van der Waals surface area contributed by atoms with Crippen molar-refractivity contribution in [3.8, 4) is 11.5 Å². The number of aliphatic imine (C=N–C) groups is 1. The van der Waals surface area contributed by atoms with Crippen molar-refractivity contribution < 1.29 is 14.2 Å². The predicted octanol–water partition coefficient (Wildman–Crippen LogP) is 3.95. The summed E-state index contributed by atoms with van der Waals surface area (Å²) < 4.78 is 17.1. The van der Waals surface area contributed by atoms with Crippen LogP contribution < -0.4 is 20.5 Å². The average Bonchev–Trinajstić information content (AvgIpc) is 2.65. The fraction of sp³-hybridized carbons (Fsp3) is 0.650. The summed E-state index contributed by atoms with van der Waals surface area (Å²) in [7, 11) is 0. The molecule has 6 heteroatoms. The number of nitrogens with zero attached hydrogens (tertiary/aromatic N) is 1. The minimum Gasteiger partial charge on any atom is -0.494 e. The maximum Gasteiger partial charge on any atom is 0.193 e. The molecule has 0 radical (unpaired) electrons. The molecule has 1 aliphatic rings. The van der Waals surface area contributed by atoms with Crippen molar-refractivity contribution >= 4 is 11.6 Å². The van der Waals surface area contributed by atoms with E-state index in [1.54, 1.807) is 0 Å². The minimum absolute atomic E-state index is 0.372. The van der Waals surface area contributed by atoms with Crippen molar-refractivity contribution in [2.45, 2.75) is 58.5 Å². The highest BCUT2D eigenvalue weighted by atomic mass is 16.5. The number of nitrogens with two attached hydrogens (primary N) is 1. The van der Waals surface area contributed by atoms with Crippen molar-refractivity contribution in [2.75, 3.05) is 31.7 Å². The van der Waals surface area contributed by atoms with Gasteiger partial charge in [-0.3, -0.25) is 4.99 Å². The topological polar surface area (TPSA) is 78.1 Å². The van der Waals surface area contributed by atoms with Crippen LogP contribution in [-0.2, 0) is 4.74 Å². The second-order valence-electron chi connectivity index (χ2n) is 6.40. The van der Waals surface area contributed by atoms with Crippen LogP contribution in [0.5, 0.6) is 11.5 Å². The third-order valence-electron chi connectivity index (χ3n) is 4.31. The molecule has 3 N–H and O–H groups in total. The molecule has 6 nitrogen and oxygen atoms in total. The Balaban J connectivity index is 1.80. The maximum absolute atomic E-state index is 6.02. The Morgan fingerprint density at radius 1 is 1.15 bits per heavy atom. The Kier molecular flexibility index (Phi) is 9.10. The zero-order valence-corrected chi connectivity index (χ0v) is 16.1. The van der Waals surface area contributed by atoms with E-state index in [0.717, 1.165) is 30.2 Å². The third-order valence-corrected chi connectivity index (χ3v) is 4.31. The largest absolute Gasteiger partial charge is 0.494 e. The van der Waals surface area contributed by atoms with Crippen molar-refractivity contribution in [2.24, 2.45) is 10.7 Å². The Labute approximate surface area is 157 Å². The molecule has 0 spiro atoms. The van der Waals surface area contributed by atoms with Crippen LogP contribution in [0.4, 0.5) is 5.69 Å². The third kappa shape index (κ3) is 7.12. The van der Waals surface area contributed by atoms with Gasteiger partial charge in [-0.2, -0.15) is 0 Å². The van der Waals surface area contributed by atoms with Gasteiger partial charge in [0.15, 0.2) is 5.96 Å². The van der Waals surface area contributed by atoms with Gasteiger partial charge in [0.05, 0.1) is 25.0 Å². The Hall–Kier alpha value is -1.95. The van der Waals surface area contributed by atoms with Gasteiger partial charge in [-0.25, -0.2) is 0 Å². The summed E-state index contributed by atoms with van der Waals surface area (Å²) in [4.78, 5) is 4.39. The van der Waals surface area contributed by atoms with E-state index in [4.69, 9.17) is 19.9 Å². The highest BCUT2D eigenvalue weighted by Crippen LogP contribution is 2.29. The van der Waals surface area contributed by atoms with Gasteiger partial charge in [-0.15, -0.1) is 0 Å². The summed E-state index contributed by atoms with van der Waals surface area (Å²) in [6, 6.07) is 5.64. The number of ether oxygens (including phenoxy) is 3. The summed E-state index contributed by atoms with van der Waals surface area (Å²) in [6.45, 7) is 6.47. The fourth-order valence-corrected chi connectivity index (χ4v) is 3.07. The molecule has 0 bridgehead atoms. The monoisotopic (exact) mass is 363 g/mol. The van der Waals surface area contributed by atoms with Gasteiger partial charge < -0.3 is 25.3 Å². The van der Waals surface area contributed by atoms with E-state index in [1.807, 2.05) is 32.0 Å². The zero-order valence-electron chi connectivity index (χ0n) is 16.1. The molecule has 1 fully saturated rings. The van der Waals surface area contributed by atoms with Crippen LogP contribution in [0.3, 0.4) is 0 Å². The SMILES string of the molecule is CCOc1ccc(OCC)c(NC(N)=NCCCOC2CCCCC2)c1. The first-order valence-corrected chi connectivity index (χ1v) is 9.81. The molecule has 0 atom stereocenters. The van der Waals surface area contributed by atoms with Crippen molar-refractivity contribution in [3.63, 3.8) is 0 Å². The van der Waals surface area contributed by atoms with E-state index < -0.39 is 0 Å². The Morgan fingerprint density at radius 3 is 2.65 bits per heavy atom. The predicted molar refractivity (Wildman–Crippen MR) is 106 cm³/mol. The van der Waals surface area contributed by atoms with Gasteiger partial charge in [0.2, 0.25) is 0 Å². The Morgan fingerprint density at radius 2 is 1.92 bits per heavy atom. The lowest BCUT2D eigenvalue weighted by Gasteiger charge is -2.21. The minimum atomic E-state index is 0.372. The normalized spacial score (nSPS) is 15.7. The van der Waals surface area contributed by atoms with Crippen LogP contribution in [0.25, 0.3) is 0 Å². The molecular formula is C20H33N3O3. The number of hydrogen-bond acceptors (Lipinski definition) is 4. The van der Waals surface area contributed by atoms with Gasteiger partial charge in [0.25, 0.3) is 0 Å². The van der Waals surface area contributed by atoms with Crippen LogP contribution in [0.1, 0.15) is 52.4 Å². The quantitative estimate of drug-likeness (QED) is 0.374. The molecule has 0 heterocycles. The number of nitrogens with one attached hydrogen (secondary N) is 1. The number of rotatable bonds is 10. The molecule has 0 amide bonds. The van der Waals surface area contributed by atoms with E-state index in [2.05, 4.69) is 10.3 Å².